The maximum Gasteiger partial charge on any atom is 0.226 e. The van der Waals surface area contributed by atoms with Gasteiger partial charge in [-0.05, 0) is 6.92 Å². The summed E-state index contributed by atoms with van der Waals surface area (Å²) >= 11 is 3.14. The quantitative estimate of drug-likeness (QED) is 0.800. The Morgan fingerprint density at radius 1 is 1.37 bits per heavy atom. The number of carbonyl (C=O) groups excluding carboxylic acids is 1. The molecule has 0 radical (unpaired) electrons. The molecule has 5 nitrogen and oxygen atoms in total. The second-order valence-corrected chi connectivity index (χ2v) is 6.07. The van der Waals surface area contributed by atoms with Crippen molar-refractivity contribution in [3.8, 4) is 0 Å². The van der Waals surface area contributed by atoms with Gasteiger partial charge >= 0.3 is 0 Å². The van der Waals surface area contributed by atoms with Gasteiger partial charge in [-0.1, -0.05) is 0 Å². The van der Waals surface area contributed by atoms with Crippen molar-refractivity contribution in [2.75, 3.05) is 0 Å². The molecule has 0 aromatic carbocycles. The number of thiazole rings is 2. The number of nitrogens with one attached hydrogen (secondary N) is 1. The molecule has 19 heavy (non-hydrogen) atoms. The summed E-state index contributed by atoms with van der Waals surface area (Å²) in [6.45, 7) is 2.39. The summed E-state index contributed by atoms with van der Waals surface area (Å²) in [7, 11) is 0. The maximum atomic E-state index is 11.8. The number of hydrogen-bond acceptors (Lipinski definition) is 5. The Balaban J connectivity index is 1.57. The summed E-state index contributed by atoms with van der Waals surface area (Å²) in [5.74, 6) is -0.0262. The van der Waals surface area contributed by atoms with Crippen LogP contribution in [0.5, 0.6) is 0 Å². The lowest BCUT2D eigenvalue weighted by Crippen LogP contribution is -2.24. The fourth-order valence-corrected chi connectivity index (χ4v) is 3.10. The maximum absolute atomic E-state index is 11.8. The van der Waals surface area contributed by atoms with E-state index in [0.717, 1.165) is 21.4 Å². The second-order valence-electron chi connectivity index (χ2n) is 4.14. The topological polar surface area (TPSA) is 59.3 Å². The van der Waals surface area contributed by atoms with Crippen LogP contribution in [0.4, 0.5) is 0 Å². The van der Waals surface area contributed by atoms with Crippen LogP contribution in [0.1, 0.15) is 16.4 Å². The number of aryl methyl sites for hydroxylation is 1. The van der Waals surface area contributed by atoms with Crippen molar-refractivity contribution in [3.63, 3.8) is 0 Å². The van der Waals surface area contributed by atoms with Gasteiger partial charge in [0, 0.05) is 23.2 Å². The highest BCUT2D eigenvalue weighted by molar-refractivity contribution is 7.15. The lowest BCUT2D eigenvalue weighted by molar-refractivity contribution is -0.120. The van der Waals surface area contributed by atoms with E-state index in [1.54, 1.807) is 22.7 Å². The Labute approximate surface area is 117 Å². The highest BCUT2D eigenvalue weighted by Crippen LogP contribution is 2.11. The predicted molar refractivity (Wildman–Crippen MR) is 75.5 cm³/mol. The smallest absolute Gasteiger partial charge is 0.226 e. The molecule has 0 aliphatic heterocycles. The molecule has 0 aliphatic carbocycles. The van der Waals surface area contributed by atoms with E-state index in [0.29, 0.717) is 13.0 Å². The zero-order chi connectivity index (χ0) is 13.2. The van der Waals surface area contributed by atoms with E-state index in [2.05, 4.69) is 15.3 Å². The van der Waals surface area contributed by atoms with Crippen molar-refractivity contribution >= 4 is 33.5 Å². The molecule has 3 heterocycles. The Morgan fingerprint density at radius 3 is 3.00 bits per heavy atom. The molecule has 98 valence electrons. The van der Waals surface area contributed by atoms with Crippen molar-refractivity contribution in [1.82, 2.24) is 19.7 Å². The molecule has 3 aromatic rings. The summed E-state index contributed by atoms with van der Waals surface area (Å²) < 4.78 is 1.95. The Kier molecular flexibility index (Phi) is 3.31. The number of carbonyl (C=O) groups is 1. The molecule has 0 saturated carbocycles. The SMILES string of the molecule is Cc1nc(CC(=O)NCc2cn3ccsc3n2)cs1. The molecule has 0 spiro atoms. The molecule has 1 N–H and O–H groups in total. The third-order valence-corrected chi connectivity index (χ3v) is 4.21. The molecule has 0 fully saturated rings. The molecule has 0 bridgehead atoms. The lowest BCUT2D eigenvalue weighted by atomic mass is 10.3. The Hall–Kier alpha value is -1.73. The van der Waals surface area contributed by atoms with E-state index in [1.807, 2.05) is 34.5 Å². The van der Waals surface area contributed by atoms with Gasteiger partial charge < -0.3 is 5.32 Å². The standard InChI is InChI=1S/C12H12N4OS2/c1-8-14-9(7-19-8)4-11(17)13-5-10-6-16-2-3-18-12(16)15-10/h2-3,6-7H,4-5H2,1H3,(H,13,17). The number of hydrogen-bond donors (Lipinski definition) is 1. The average molecular weight is 292 g/mol. The minimum absolute atomic E-state index is 0.0262. The summed E-state index contributed by atoms with van der Waals surface area (Å²) in [5, 5.41) is 7.74. The molecule has 0 unspecified atom stereocenters. The molecule has 0 saturated heterocycles. The zero-order valence-corrected chi connectivity index (χ0v) is 11.9. The minimum Gasteiger partial charge on any atom is -0.350 e. The van der Waals surface area contributed by atoms with Gasteiger partial charge in [-0.15, -0.1) is 22.7 Å². The van der Waals surface area contributed by atoms with Gasteiger partial charge in [-0.2, -0.15) is 0 Å². The molecular weight excluding hydrogens is 280 g/mol. The highest BCUT2D eigenvalue weighted by atomic mass is 32.1. The first-order valence-electron chi connectivity index (χ1n) is 5.79. The Morgan fingerprint density at radius 2 is 2.26 bits per heavy atom. The van der Waals surface area contributed by atoms with Crippen molar-refractivity contribution < 1.29 is 4.79 Å². The first-order valence-corrected chi connectivity index (χ1v) is 7.55. The molecule has 1 amide bonds. The average Bonchev–Trinajstić information content (AvgIpc) is 3.02. The fourth-order valence-electron chi connectivity index (χ4n) is 1.77. The van der Waals surface area contributed by atoms with Crippen LogP contribution >= 0.6 is 22.7 Å². The molecule has 0 atom stereocenters. The van der Waals surface area contributed by atoms with Crippen LogP contribution in [0, 0.1) is 6.92 Å². The van der Waals surface area contributed by atoms with Gasteiger partial charge in [0.05, 0.1) is 29.4 Å². The number of fused-ring (bicyclic) bond motifs is 1. The third-order valence-electron chi connectivity index (χ3n) is 2.62. The van der Waals surface area contributed by atoms with E-state index >= 15 is 0 Å². The predicted octanol–water partition coefficient (Wildman–Crippen LogP) is 2.02. The van der Waals surface area contributed by atoms with E-state index in [9.17, 15) is 4.79 Å². The van der Waals surface area contributed by atoms with Crippen LogP contribution in [0.25, 0.3) is 4.96 Å². The van der Waals surface area contributed by atoms with Crippen molar-refractivity contribution in [1.29, 1.82) is 0 Å². The largest absolute Gasteiger partial charge is 0.350 e. The number of aromatic nitrogens is 3. The number of rotatable bonds is 4. The minimum atomic E-state index is -0.0262. The van der Waals surface area contributed by atoms with Gasteiger partial charge in [0.1, 0.15) is 0 Å². The van der Waals surface area contributed by atoms with E-state index < -0.39 is 0 Å². The van der Waals surface area contributed by atoms with E-state index in [-0.39, 0.29) is 5.91 Å². The molecular formula is C12H12N4OS2. The number of amides is 1. The number of nitrogens with zero attached hydrogens (tertiary/aromatic N) is 3. The molecule has 7 heteroatoms. The summed E-state index contributed by atoms with van der Waals surface area (Å²) in [5.41, 5.74) is 1.69. The summed E-state index contributed by atoms with van der Waals surface area (Å²) in [4.78, 5) is 21.4. The molecule has 3 aromatic heterocycles. The molecule has 0 aliphatic rings. The van der Waals surface area contributed by atoms with Gasteiger partial charge in [0.25, 0.3) is 0 Å². The van der Waals surface area contributed by atoms with Crippen LogP contribution in [0.3, 0.4) is 0 Å². The van der Waals surface area contributed by atoms with Gasteiger partial charge in [0.2, 0.25) is 5.91 Å². The Bertz CT molecular complexity index is 684. The highest BCUT2D eigenvalue weighted by Gasteiger charge is 2.08. The first kappa shape index (κ1) is 12.3. The monoisotopic (exact) mass is 292 g/mol. The van der Waals surface area contributed by atoms with Crippen molar-refractivity contribution in [2.24, 2.45) is 0 Å². The van der Waals surface area contributed by atoms with Crippen molar-refractivity contribution in [3.05, 3.63) is 39.5 Å². The van der Waals surface area contributed by atoms with Crippen molar-refractivity contribution in [2.45, 2.75) is 19.9 Å². The third kappa shape index (κ3) is 2.82. The second kappa shape index (κ2) is 5.10. The normalized spacial score (nSPS) is 11.0. The van der Waals surface area contributed by atoms with Gasteiger partial charge in [0.15, 0.2) is 4.96 Å². The van der Waals surface area contributed by atoms with Gasteiger partial charge in [-0.25, -0.2) is 9.97 Å². The fraction of sp³-hybridized carbons (Fsp3) is 0.250. The zero-order valence-electron chi connectivity index (χ0n) is 10.3. The van der Waals surface area contributed by atoms with Crippen LogP contribution in [0.15, 0.2) is 23.2 Å². The van der Waals surface area contributed by atoms with Crippen LogP contribution in [-0.4, -0.2) is 20.3 Å². The number of imidazole rings is 1. The van der Waals surface area contributed by atoms with Gasteiger partial charge in [-0.3, -0.25) is 9.20 Å². The van der Waals surface area contributed by atoms with E-state index in [1.165, 1.54) is 0 Å². The lowest BCUT2D eigenvalue weighted by Gasteiger charge is -2.00. The molecule has 3 rings (SSSR count). The van der Waals surface area contributed by atoms with E-state index in [4.69, 9.17) is 0 Å². The van der Waals surface area contributed by atoms with Crippen LogP contribution in [0.2, 0.25) is 0 Å². The van der Waals surface area contributed by atoms with Crippen LogP contribution < -0.4 is 5.32 Å². The van der Waals surface area contributed by atoms with Crippen LogP contribution in [-0.2, 0) is 17.8 Å². The first-order chi connectivity index (χ1) is 9.20. The summed E-state index contributed by atoms with van der Waals surface area (Å²) in [6.07, 6.45) is 4.21. The summed E-state index contributed by atoms with van der Waals surface area (Å²) in [6, 6.07) is 0.